The Bertz CT molecular complexity index is 606. The smallest absolute Gasteiger partial charge is 0.323 e. The Labute approximate surface area is 128 Å². The van der Waals surface area contributed by atoms with Crippen LogP contribution in [0.1, 0.15) is 36.0 Å². The molecule has 0 radical (unpaired) electrons. The monoisotopic (exact) mass is 304 g/mol. The molecule has 22 heavy (non-hydrogen) atoms. The second kappa shape index (κ2) is 6.72. The zero-order chi connectivity index (χ0) is 16.2. The Morgan fingerprint density at radius 2 is 2.09 bits per heavy atom. The molecule has 1 fully saturated rings. The van der Waals surface area contributed by atoms with E-state index >= 15 is 0 Å². The van der Waals surface area contributed by atoms with Crippen molar-refractivity contribution in [1.29, 1.82) is 0 Å². The van der Waals surface area contributed by atoms with E-state index in [0.29, 0.717) is 19.4 Å². The van der Waals surface area contributed by atoms with Crippen LogP contribution in [0.3, 0.4) is 0 Å². The Hall–Kier alpha value is -2.18. The van der Waals surface area contributed by atoms with Gasteiger partial charge in [-0.2, -0.15) is 0 Å². The van der Waals surface area contributed by atoms with Crippen molar-refractivity contribution >= 4 is 18.0 Å². The summed E-state index contributed by atoms with van der Waals surface area (Å²) in [6.45, 7) is 2.44. The average Bonchev–Trinajstić information content (AvgIpc) is 2.44. The van der Waals surface area contributed by atoms with Crippen molar-refractivity contribution in [2.45, 2.75) is 38.3 Å². The first-order valence-corrected chi connectivity index (χ1v) is 7.17. The fourth-order valence-electron chi connectivity index (χ4n) is 2.49. The third-order valence-corrected chi connectivity index (χ3v) is 4.14. The molecule has 1 aromatic rings. The summed E-state index contributed by atoms with van der Waals surface area (Å²) in [6.07, 6.45) is 5.10. The number of carboxylic acid groups (broad SMARTS) is 1. The van der Waals surface area contributed by atoms with Crippen LogP contribution in [0.5, 0.6) is 0 Å². The van der Waals surface area contributed by atoms with E-state index in [1.54, 1.807) is 6.08 Å². The van der Waals surface area contributed by atoms with E-state index in [1.165, 1.54) is 11.6 Å². The fraction of sp³-hybridized carbons (Fsp3) is 0.375. The van der Waals surface area contributed by atoms with Gasteiger partial charge < -0.3 is 5.11 Å². The number of carbonyl (C=O) groups excluding carboxylic acids is 1. The lowest BCUT2D eigenvalue weighted by molar-refractivity contribution is -0.148. The van der Waals surface area contributed by atoms with Crippen molar-refractivity contribution in [2.24, 2.45) is 0 Å². The molecule has 0 aromatic heterocycles. The second-order valence-electron chi connectivity index (χ2n) is 5.59. The summed E-state index contributed by atoms with van der Waals surface area (Å²) in [5, 5.41) is 20.9. The summed E-state index contributed by atoms with van der Waals surface area (Å²) in [5.41, 5.74) is 3.63. The predicted octanol–water partition coefficient (Wildman–Crippen LogP) is 1.61. The molecule has 6 heteroatoms. The van der Waals surface area contributed by atoms with Crippen LogP contribution >= 0.6 is 0 Å². The summed E-state index contributed by atoms with van der Waals surface area (Å²) in [6, 6.07) is 5.67. The van der Waals surface area contributed by atoms with Crippen LogP contribution in [-0.4, -0.2) is 27.7 Å². The lowest BCUT2D eigenvalue weighted by Gasteiger charge is -2.38. The minimum Gasteiger partial charge on any atom is -0.480 e. The maximum atomic E-state index is 11.3. The van der Waals surface area contributed by atoms with E-state index < -0.39 is 17.4 Å². The van der Waals surface area contributed by atoms with Crippen LogP contribution in [-0.2, 0) is 16.1 Å². The molecule has 1 aliphatic rings. The molecule has 0 atom stereocenters. The van der Waals surface area contributed by atoms with E-state index in [-0.39, 0.29) is 0 Å². The van der Waals surface area contributed by atoms with Crippen LogP contribution in [0.15, 0.2) is 24.3 Å². The summed E-state index contributed by atoms with van der Waals surface area (Å²) in [5.74, 6) is -1.37. The number of aryl methyl sites for hydroxylation is 1. The quantitative estimate of drug-likeness (QED) is 0.363. The van der Waals surface area contributed by atoms with Crippen molar-refractivity contribution < 1.29 is 19.9 Å². The van der Waals surface area contributed by atoms with Crippen molar-refractivity contribution in [2.75, 3.05) is 0 Å². The molecule has 1 saturated carbocycles. The largest absolute Gasteiger partial charge is 0.480 e. The molecular weight excluding hydrogens is 284 g/mol. The highest BCUT2D eigenvalue weighted by atomic mass is 16.5. The number of hydrogen-bond acceptors (Lipinski definition) is 4. The van der Waals surface area contributed by atoms with Crippen LogP contribution < -0.4 is 10.8 Å². The molecule has 0 unspecified atom stereocenters. The first kappa shape index (κ1) is 16.2. The number of benzene rings is 1. The first-order valence-electron chi connectivity index (χ1n) is 7.17. The highest BCUT2D eigenvalue weighted by Gasteiger charge is 2.43. The first-order chi connectivity index (χ1) is 10.5. The summed E-state index contributed by atoms with van der Waals surface area (Å²) < 4.78 is 0. The van der Waals surface area contributed by atoms with Crippen molar-refractivity contribution in [1.82, 2.24) is 10.8 Å². The van der Waals surface area contributed by atoms with Gasteiger partial charge in [-0.05, 0) is 49.0 Å². The topological polar surface area (TPSA) is 98.7 Å². The third kappa shape index (κ3) is 3.52. The number of aliphatic carboxylic acids is 1. The molecule has 0 heterocycles. The molecule has 1 aromatic carbocycles. The highest BCUT2D eigenvalue weighted by Crippen LogP contribution is 2.32. The lowest BCUT2D eigenvalue weighted by atomic mass is 9.76. The van der Waals surface area contributed by atoms with Gasteiger partial charge in [0, 0.05) is 12.6 Å². The van der Waals surface area contributed by atoms with Crippen LogP contribution in [0.25, 0.3) is 6.08 Å². The van der Waals surface area contributed by atoms with Crippen LogP contribution in [0.4, 0.5) is 0 Å². The van der Waals surface area contributed by atoms with Gasteiger partial charge in [0.15, 0.2) is 0 Å². The second-order valence-corrected chi connectivity index (χ2v) is 5.59. The van der Waals surface area contributed by atoms with Gasteiger partial charge in [-0.1, -0.05) is 18.2 Å². The number of hydrogen-bond donors (Lipinski definition) is 4. The number of hydroxylamine groups is 1. The van der Waals surface area contributed by atoms with E-state index in [1.807, 2.05) is 25.1 Å². The van der Waals surface area contributed by atoms with Crippen LogP contribution in [0.2, 0.25) is 0 Å². The Morgan fingerprint density at radius 3 is 2.59 bits per heavy atom. The summed E-state index contributed by atoms with van der Waals surface area (Å²) >= 11 is 0. The van der Waals surface area contributed by atoms with Gasteiger partial charge in [-0.25, -0.2) is 5.48 Å². The third-order valence-electron chi connectivity index (χ3n) is 4.14. The molecule has 1 amide bonds. The maximum absolute atomic E-state index is 11.3. The molecule has 1 aliphatic carbocycles. The Kier molecular flexibility index (Phi) is 4.95. The standard InChI is InChI=1S/C16H20N2O4/c1-11-9-12(4-6-14(19)18-22)3-5-13(11)10-17-16(15(20)21)7-2-8-16/h3-6,9,17,22H,2,7-8,10H2,1H3,(H,18,19)(H,20,21)/b6-4+. The highest BCUT2D eigenvalue weighted by molar-refractivity contribution is 5.90. The minimum atomic E-state index is -0.786. The van der Waals surface area contributed by atoms with Gasteiger partial charge >= 0.3 is 5.97 Å². The van der Waals surface area contributed by atoms with E-state index in [2.05, 4.69) is 5.32 Å². The molecule has 0 spiro atoms. The molecule has 118 valence electrons. The van der Waals surface area contributed by atoms with Crippen molar-refractivity contribution in [3.63, 3.8) is 0 Å². The van der Waals surface area contributed by atoms with Gasteiger partial charge in [-0.3, -0.25) is 20.1 Å². The average molecular weight is 304 g/mol. The molecule has 0 saturated heterocycles. The number of nitrogens with one attached hydrogen (secondary N) is 2. The van der Waals surface area contributed by atoms with Crippen LogP contribution in [0, 0.1) is 6.92 Å². The predicted molar refractivity (Wildman–Crippen MR) is 81.2 cm³/mol. The fourth-order valence-corrected chi connectivity index (χ4v) is 2.49. The molecular formula is C16H20N2O4. The number of rotatable bonds is 6. The minimum absolute atomic E-state index is 0.499. The normalized spacial score (nSPS) is 16.3. The summed E-state index contributed by atoms with van der Waals surface area (Å²) in [7, 11) is 0. The molecule has 0 bridgehead atoms. The Balaban J connectivity index is 2.02. The maximum Gasteiger partial charge on any atom is 0.323 e. The van der Waals surface area contributed by atoms with Gasteiger partial charge in [0.25, 0.3) is 5.91 Å². The molecule has 2 rings (SSSR count). The van der Waals surface area contributed by atoms with Gasteiger partial charge in [0.1, 0.15) is 5.54 Å². The van der Waals surface area contributed by atoms with Crippen molar-refractivity contribution in [3.8, 4) is 0 Å². The molecule has 4 N–H and O–H groups in total. The van der Waals surface area contributed by atoms with E-state index in [0.717, 1.165) is 23.1 Å². The number of carbonyl (C=O) groups is 2. The SMILES string of the molecule is Cc1cc(/C=C/C(=O)NO)ccc1CNC1(C(=O)O)CCC1. The Morgan fingerprint density at radius 1 is 1.36 bits per heavy atom. The van der Waals surface area contributed by atoms with Gasteiger partial charge in [-0.15, -0.1) is 0 Å². The van der Waals surface area contributed by atoms with E-state index in [9.17, 15) is 14.7 Å². The zero-order valence-electron chi connectivity index (χ0n) is 12.4. The summed E-state index contributed by atoms with van der Waals surface area (Å²) in [4.78, 5) is 22.3. The van der Waals surface area contributed by atoms with E-state index in [4.69, 9.17) is 5.21 Å². The van der Waals surface area contributed by atoms with Crippen molar-refractivity contribution in [3.05, 3.63) is 41.0 Å². The van der Waals surface area contributed by atoms with Gasteiger partial charge in [0.05, 0.1) is 0 Å². The number of amides is 1. The molecule has 0 aliphatic heterocycles. The zero-order valence-corrected chi connectivity index (χ0v) is 12.4. The number of carboxylic acids is 1. The molecule has 6 nitrogen and oxygen atoms in total. The van der Waals surface area contributed by atoms with Gasteiger partial charge in [0.2, 0.25) is 0 Å². The lowest BCUT2D eigenvalue weighted by Crippen LogP contribution is -2.56.